The topological polar surface area (TPSA) is 39.1 Å². The number of aromatic nitrogens is 2. The number of aryl methyl sites for hydroxylation is 1. The summed E-state index contributed by atoms with van der Waals surface area (Å²) in [4.78, 5) is 4.22. The third kappa shape index (κ3) is 4.70. The summed E-state index contributed by atoms with van der Waals surface area (Å²) >= 11 is 0. The minimum absolute atomic E-state index is 0.246. The van der Waals surface area contributed by atoms with E-state index in [1.165, 1.54) is 18.2 Å². The van der Waals surface area contributed by atoms with Crippen LogP contribution in [0.5, 0.6) is 5.75 Å². The fourth-order valence-electron chi connectivity index (χ4n) is 1.94. The number of halogens is 3. The number of rotatable bonds is 6. The highest BCUT2D eigenvalue weighted by atomic mass is 19.4. The summed E-state index contributed by atoms with van der Waals surface area (Å²) in [5.74, 6) is 0.586. The third-order valence-electron chi connectivity index (χ3n) is 2.78. The molecule has 1 aromatic carbocycles. The van der Waals surface area contributed by atoms with Gasteiger partial charge >= 0.3 is 6.36 Å². The van der Waals surface area contributed by atoms with Gasteiger partial charge in [-0.05, 0) is 18.6 Å². The van der Waals surface area contributed by atoms with E-state index in [0.29, 0.717) is 12.2 Å². The average Bonchev–Trinajstić information content (AvgIpc) is 2.83. The highest BCUT2D eigenvalue weighted by Crippen LogP contribution is 2.25. The van der Waals surface area contributed by atoms with Crippen molar-refractivity contribution in [3.05, 3.63) is 42.5 Å². The van der Waals surface area contributed by atoms with Gasteiger partial charge in [-0.25, -0.2) is 4.98 Å². The van der Waals surface area contributed by atoms with Gasteiger partial charge in [0.25, 0.3) is 0 Å². The summed E-state index contributed by atoms with van der Waals surface area (Å²) in [5.41, 5.74) is 0.544. The number of anilines is 1. The van der Waals surface area contributed by atoms with Crippen LogP contribution in [0.2, 0.25) is 0 Å². The van der Waals surface area contributed by atoms with Crippen LogP contribution in [0, 0.1) is 0 Å². The lowest BCUT2D eigenvalue weighted by atomic mass is 10.3. The largest absolute Gasteiger partial charge is 0.573 e. The third-order valence-corrected chi connectivity index (χ3v) is 2.78. The Kier molecular flexibility index (Phi) is 4.72. The Morgan fingerprint density at radius 2 is 2.14 bits per heavy atom. The summed E-state index contributed by atoms with van der Waals surface area (Å²) in [7, 11) is 0. The van der Waals surface area contributed by atoms with Gasteiger partial charge in [-0.2, -0.15) is 0 Å². The summed E-state index contributed by atoms with van der Waals surface area (Å²) in [6, 6.07) is 5.75. The minimum Gasteiger partial charge on any atom is -0.406 e. The van der Waals surface area contributed by atoms with Crippen molar-refractivity contribution in [2.45, 2.75) is 32.8 Å². The summed E-state index contributed by atoms with van der Waals surface area (Å²) in [6.45, 7) is 3.35. The van der Waals surface area contributed by atoms with Gasteiger partial charge in [0.15, 0.2) is 0 Å². The van der Waals surface area contributed by atoms with Crippen LogP contribution in [0.1, 0.15) is 19.2 Å². The van der Waals surface area contributed by atoms with Crippen LogP contribution in [-0.2, 0) is 13.1 Å². The first-order chi connectivity index (χ1) is 9.98. The molecule has 1 N–H and O–H groups in total. The lowest BCUT2D eigenvalue weighted by Gasteiger charge is -2.12. The first-order valence-corrected chi connectivity index (χ1v) is 6.57. The molecule has 2 aromatic rings. The van der Waals surface area contributed by atoms with Crippen LogP contribution in [0.15, 0.2) is 36.7 Å². The van der Waals surface area contributed by atoms with E-state index < -0.39 is 6.36 Å². The maximum atomic E-state index is 12.2. The van der Waals surface area contributed by atoms with Crippen LogP contribution in [0.25, 0.3) is 0 Å². The van der Waals surface area contributed by atoms with Crippen LogP contribution in [0.3, 0.4) is 0 Å². The zero-order valence-electron chi connectivity index (χ0n) is 11.5. The van der Waals surface area contributed by atoms with Gasteiger partial charge in [-0.15, -0.1) is 13.2 Å². The predicted molar refractivity (Wildman–Crippen MR) is 73.0 cm³/mol. The monoisotopic (exact) mass is 299 g/mol. The van der Waals surface area contributed by atoms with Gasteiger partial charge < -0.3 is 14.6 Å². The quantitative estimate of drug-likeness (QED) is 0.881. The molecule has 0 amide bonds. The van der Waals surface area contributed by atoms with Crippen LogP contribution >= 0.6 is 0 Å². The van der Waals surface area contributed by atoms with Crippen LogP contribution in [-0.4, -0.2) is 15.9 Å². The molecule has 1 aromatic heterocycles. The number of hydrogen-bond acceptors (Lipinski definition) is 3. The fraction of sp³-hybridized carbons (Fsp3) is 0.357. The molecule has 0 saturated carbocycles. The molecular formula is C14H16F3N3O. The van der Waals surface area contributed by atoms with E-state index in [0.717, 1.165) is 18.8 Å². The molecule has 21 heavy (non-hydrogen) atoms. The molecule has 0 saturated heterocycles. The molecule has 0 spiro atoms. The zero-order chi connectivity index (χ0) is 15.3. The van der Waals surface area contributed by atoms with Crippen molar-refractivity contribution in [3.8, 4) is 5.75 Å². The van der Waals surface area contributed by atoms with Crippen LogP contribution in [0.4, 0.5) is 18.9 Å². The Balaban J connectivity index is 2.00. The smallest absolute Gasteiger partial charge is 0.406 e. The maximum Gasteiger partial charge on any atom is 0.573 e. The average molecular weight is 299 g/mol. The van der Waals surface area contributed by atoms with Gasteiger partial charge in [-0.3, -0.25) is 0 Å². The molecule has 0 unspecified atom stereocenters. The highest BCUT2D eigenvalue weighted by molar-refractivity contribution is 5.48. The highest BCUT2D eigenvalue weighted by Gasteiger charge is 2.31. The number of ether oxygens (including phenoxy) is 1. The van der Waals surface area contributed by atoms with Gasteiger partial charge in [0.1, 0.15) is 11.6 Å². The molecule has 0 aliphatic rings. The normalized spacial score (nSPS) is 11.4. The van der Waals surface area contributed by atoms with Crippen molar-refractivity contribution in [1.82, 2.24) is 9.55 Å². The van der Waals surface area contributed by atoms with Crippen molar-refractivity contribution in [2.75, 3.05) is 5.32 Å². The summed E-state index contributed by atoms with van der Waals surface area (Å²) in [6.07, 6.45) is -0.117. The summed E-state index contributed by atoms with van der Waals surface area (Å²) < 4.78 is 42.4. The first kappa shape index (κ1) is 15.2. The molecule has 0 radical (unpaired) electrons. The number of hydrogen-bond donors (Lipinski definition) is 1. The van der Waals surface area contributed by atoms with E-state index in [1.807, 2.05) is 10.8 Å². The Morgan fingerprint density at radius 3 is 2.86 bits per heavy atom. The van der Waals surface area contributed by atoms with Crippen molar-refractivity contribution in [2.24, 2.45) is 0 Å². The Labute approximate surface area is 120 Å². The van der Waals surface area contributed by atoms with E-state index in [4.69, 9.17) is 0 Å². The minimum atomic E-state index is -4.68. The molecule has 0 aliphatic carbocycles. The van der Waals surface area contributed by atoms with Crippen molar-refractivity contribution < 1.29 is 17.9 Å². The molecule has 1 heterocycles. The van der Waals surface area contributed by atoms with Crippen LogP contribution < -0.4 is 10.1 Å². The SMILES string of the molecule is CCCn1ccnc1CNc1cccc(OC(F)(F)F)c1. The molecule has 114 valence electrons. The zero-order valence-corrected chi connectivity index (χ0v) is 11.5. The van der Waals surface area contributed by atoms with Crippen molar-refractivity contribution in [3.63, 3.8) is 0 Å². The molecule has 0 atom stereocenters. The van der Waals surface area contributed by atoms with E-state index in [1.54, 1.807) is 12.3 Å². The Morgan fingerprint density at radius 1 is 1.33 bits per heavy atom. The maximum absolute atomic E-state index is 12.2. The van der Waals surface area contributed by atoms with Crippen molar-refractivity contribution >= 4 is 5.69 Å². The number of imidazole rings is 1. The molecule has 0 aliphatic heterocycles. The second-order valence-electron chi connectivity index (χ2n) is 4.47. The lowest BCUT2D eigenvalue weighted by molar-refractivity contribution is -0.274. The number of benzene rings is 1. The fourth-order valence-corrected chi connectivity index (χ4v) is 1.94. The van der Waals surface area contributed by atoms with E-state index in [9.17, 15) is 13.2 Å². The van der Waals surface area contributed by atoms with E-state index >= 15 is 0 Å². The molecule has 2 rings (SSSR count). The van der Waals surface area contributed by atoms with Gasteiger partial charge in [0, 0.05) is 30.7 Å². The Hall–Kier alpha value is -2.18. The number of nitrogens with one attached hydrogen (secondary N) is 1. The van der Waals surface area contributed by atoms with Gasteiger partial charge in [-0.1, -0.05) is 13.0 Å². The molecule has 0 fully saturated rings. The first-order valence-electron chi connectivity index (χ1n) is 6.57. The van der Waals surface area contributed by atoms with Gasteiger partial charge in [0.05, 0.1) is 6.54 Å². The molecule has 7 heteroatoms. The van der Waals surface area contributed by atoms with Gasteiger partial charge in [0.2, 0.25) is 0 Å². The molecule has 0 bridgehead atoms. The van der Waals surface area contributed by atoms with E-state index in [2.05, 4.69) is 22.0 Å². The Bertz CT molecular complexity index is 581. The number of nitrogens with zero attached hydrogens (tertiary/aromatic N) is 2. The predicted octanol–water partition coefficient (Wildman–Crippen LogP) is 3.80. The second kappa shape index (κ2) is 6.51. The second-order valence-corrected chi connectivity index (χ2v) is 4.47. The van der Waals surface area contributed by atoms with Crippen molar-refractivity contribution in [1.29, 1.82) is 0 Å². The number of alkyl halides is 3. The van der Waals surface area contributed by atoms with E-state index in [-0.39, 0.29) is 5.75 Å². The standard InChI is InChI=1S/C14H16F3N3O/c1-2-7-20-8-6-18-13(20)10-19-11-4-3-5-12(9-11)21-14(15,16)17/h3-6,8-9,19H,2,7,10H2,1H3. The molecular weight excluding hydrogens is 283 g/mol. The summed E-state index contributed by atoms with van der Waals surface area (Å²) in [5, 5.41) is 3.04. The molecule has 4 nitrogen and oxygen atoms in total. The lowest BCUT2D eigenvalue weighted by Crippen LogP contribution is -2.17.